The van der Waals surface area contributed by atoms with Crippen LogP contribution >= 0.6 is 15.9 Å². The highest BCUT2D eigenvalue weighted by Gasteiger charge is 2.68. The molecule has 3 aliphatic rings. The van der Waals surface area contributed by atoms with E-state index >= 15 is 0 Å². The fourth-order valence-corrected chi connectivity index (χ4v) is 5.90. The molecule has 2 aliphatic carbocycles. The first-order chi connectivity index (χ1) is 11.3. The summed E-state index contributed by atoms with van der Waals surface area (Å²) in [6, 6.07) is 6.90. The van der Waals surface area contributed by atoms with E-state index in [-0.39, 0.29) is 5.41 Å². The lowest BCUT2D eigenvalue weighted by Crippen LogP contribution is -2.59. The van der Waals surface area contributed by atoms with Gasteiger partial charge in [-0.25, -0.2) is 4.99 Å². The van der Waals surface area contributed by atoms with E-state index in [1.165, 1.54) is 11.1 Å². The molecule has 1 fully saturated rings. The van der Waals surface area contributed by atoms with Gasteiger partial charge in [-0.1, -0.05) is 22.0 Å². The summed E-state index contributed by atoms with van der Waals surface area (Å²) in [5, 5.41) is -0.455. The minimum atomic E-state index is -0.455. The molecule has 24 heavy (non-hydrogen) atoms. The molecule has 1 saturated carbocycles. The number of benzene rings is 1. The van der Waals surface area contributed by atoms with Gasteiger partial charge in [-0.3, -0.25) is 0 Å². The summed E-state index contributed by atoms with van der Waals surface area (Å²) in [4.78, 5) is 4.99. The second-order valence-corrected chi connectivity index (χ2v) is 8.88. The molecule has 0 radical (unpaired) electrons. The molecule has 4 nitrogen and oxygen atoms in total. The van der Waals surface area contributed by atoms with E-state index < -0.39 is 10.9 Å². The number of nitrogens with two attached hydrogens (primary N) is 1. The van der Waals surface area contributed by atoms with E-state index in [1.807, 2.05) is 7.11 Å². The number of nitrogens with zero attached hydrogens (tertiary/aromatic N) is 1. The van der Waals surface area contributed by atoms with Crippen LogP contribution in [0.2, 0.25) is 0 Å². The second-order valence-electron chi connectivity index (χ2n) is 7.97. The Balaban J connectivity index is 1.90. The van der Waals surface area contributed by atoms with E-state index in [2.05, 4.69) is 49.8 Å². The van der Waals surface area contributed by atoms with Crippen molar-refractivity contribution in [1.82, 2.24) is 0 Å². The maximum atomic E-state index is 6.09. The predicted octanol–water partition coefficient (Wildman–Crippen LogP) is 1.04. The zero-order valence-corrected chi connectivity index (χ0v) is 16.1. The first kappa shape index (κ1) is 16.5. The van der Waals surface area contributed by atoms with E-state index in [4.69, 9.17) is 20.2 Å². The summed E-state index contributed by atoms with van der Waals surface area (Å²) in [7, 11) is 6.09. The Bertz CT molecular complexity index is 717. The van der Waals surface area contributed by atoms with Crippen molar-refractivity contribution < 1.29 is 9.47 Å². The minimum absolute atomic E-state index is 0.0514. The van der Waals surface area contributed by atoms with Gasteiger partial charge in [0.1, 0.15) is 5.54 Å². The van der Waals surface area contributed by atoms with Crippen LogP contribution in [0.1, 0.15) is 36.8 Å². The molecule has 2 N–H and O–H groups in total. The molecule has 1 unspecified atom stereocenters. The van der Waals surface area contributed by atoms with Gasteiger partial charge in [-0.05, 0) is 55.4 Å². The van der Waals surface area contributed by atoms with Crippen LogP contribution in [0.3, 0.4) is 0 Å². The van der Waals surface area contributed by atoms with Gasteiger partial charge < -0.3 is 15.2 Å². The Morgan fingerprint density at radius 3 is 2.62 bits per heavy atom. The topological polar surface area (TPSA) is 56.8 Å². The Labute approximate surface area is 153 Å². The normalized spacial score (nSPS) is 36.6. The molecule has 0 bridgehead atoms. The molecular formula is C17H23B2BrN2O2. The van der Waals surface area contributed by atoms with Gasteiger partial charge in [0.15, 0.2) is 15.7 Å². The summed E-state index contributed by atoms with van der Waals surface area (Å²) in [6.45, 7) is 0. The van der Waals surface area contributed by atoms with Gasteiger partial charge >= 0.3 is 0 Å². The van der Waals surface area contributed by atoms with Crippen molar-refractivity contribution >= 4 is 37.6 Å². The highest BCUT2D eigenvalue weighted by atomic mass is 79.9. The first-order valence-corrected chi connectivity index (χ1v) is 9.49. The third-order valence-corrected chi connectivity index (χ3v) is 6.98. The van der Waals surface area contributed by atoms with E-state index in [0.717, 1.165) is 36.6 Å². The standard InChI is InChI=1S/C17H23B2BrN2O2/c1-23-12-4-6-15(7-5-12)9-10-2-3-11(20)8-13(10)16(15)17(18,19)24-14(21)22-16/h2-3,8,12H,4-7,9,18-19H2,1H3,(H2,21,22)/t12-,15-,16?. The average molecular weight is 389 g/mol. The third-order valence-electron chi connectivity index (χ3n) is 6.49. The minimum Gasteiger partial charge on any atom is -0.475 e. The number of amidine groups is 1. The summed E-state index contributed by atoms with van der Waals surface area (Å²) < 4.78 is 12.7. The molecular weight excluding hydrogens is 366 g/mol. The summed E-state index contributed by atoms with van der Waals surface area (Å²) >= 11 is 3.64. The SMILES string of the molecule is BC1(B)OC(N)=NC12c1cc(Br)ccc1C[C@]21CC[C@@H](OC)CC1. The molecule has 1 atom stereocenters. The zero-order valence-electron chi connectivity index (χ0n) is 14.6. The number of aliphatic imine (C=N–C) groups is 1. The molecule has 2 spiro atoms. The maximum Gasteiger partial charge on any atom is 0.282 e. The van der Waals surface area contributed by atoms with Gasteiger partial charge in [0.05, 0.1) is 11.5 Å². The van der Waals surface area contributed by atoms with Crippen molar-refractivity contribution in [1.29, 1.82) is 0 Å². The van der Waals surface area contributed by atoms with Gasteiger partial charge in [0, 0.05) is 17.0 Å². The number of hydrogen-bond acceptors (Lipinski definition) is 4. The molecule has 1 aromatic rings. The van der Waals surface area contributed by atoms with Gasteiger partial charge in [0.2, 0.25) is 0 Å². The number of ether oxygens (including phenoxy) is 2. The lowest BCUT2D eigenvalue weighted by atomic mass is 9.45. The number of rotatable bonds is 1. The largest absolute Gasteiger partial charge is 0.475 e. The van der Waals surface area contributed by atoms with Gasteiger partial charge in [-0.15, -0.1) is 0 Å². The Hall–Kier alpha value is -0.940. The number of fused-ring (bicyclic) bond motifs is 3. The van der Waals surface area contributed by atoms with Crippen LogP contribution < -0.4 is 5.73 Å². The Morgan fingerprint density at radius 2 is 2.04 bits per heavy atom. The molecule has 7 heteroatoms. The number of halogens is 1. The smallest absolute Gasteiger partial charge is 0.282 e. The lowest BCUT2D eigenvalue weighted by molar-refractivity contribution is -0.0256. The highest BCUT2D eigenvalue weighted by Crippen LogP contribution is 2.65. The number of hydrogen-bond donors (Lipinski definition) is 1. The van der Waals surface area contributed by atoms with Gasteiger partial charge in [-0.2, -0.15) is 0 Å². The summed E-state index contributed by atoms with van der Waals surface area (Å²) in [5.41, 5.74) is 8.39. The molecule has 1 aromatic carbocycles. The molecule has 4 rings (SSSR count). The van der Waals surface area contributed by atoms with E-state index in [9.17, 15) is 0 Å². The first-order valence-electron chi connectivity index (χ1n) is 8.70. The van der Waals surface area contributed by atoms with Crippen LogP contribution in [0.4, 0.5) is 0 Å². The molecule has 0 amide bonds. The maximum absolute atomic E-state index is 6.09. The van der Waals surface area contributed by atoms with Crippen molar-refractivity contribution in [3.8, 4) is 0 Å². The molecule has 1 aliphatic heterocycles. The predicted molar refractivity (Wildman–Crippen MR) is 104 cm³/mol. The van der Waals surface area contributed by atoms with Crippen LogP contribution in [0.25, 0.3) is 0 Å². The van der Waals surface area contributed by atoms with Crippen LogP contribution in [-0.2, 0) is 21.4 Å². The van der Waals surface area contributed by atoms with Crippen molar-refractivity contribution in [2.24, 2.45) is 16.1 Å². The van der Waals surface area contributed by atoms with E-state index in [0.29, 0.717) is 12.1 Å². The molecule has 0 saturated heterocycles. The third kappa shape index (κ3) is 2.00. The van der Waals surface area contributed by atoms with Crippen LogP contribution in [0.15, 0.2) is 27.7 Å². The van der Waals surface area contributed by atoms with Crippen LogP contribution in [0.5, 0.6) is 0 Å². The quantitative estimate of drug-likeness (QED) is 0.731. The average Bonchev–Trinajstić information content (AvgIpc) is 2.93. The zero-order chi connectivity index (χ0) is 17.2. The Kier molecular flexibility index (Phi) is 3.63. The van der Waals surface area contributed by atoms with E-state index in [1.54, 1.807) is 0 Å². The second kappa shape index (κ2) is 5.28. The summed E-state index contributed by atoms with van der Waals surface area (Å²) in [5.74, 6) is 0. The van der Waals surface area contributed by atoms with Crippen LogP contribution in [-0.4, -0.2) is 40.3 Å². The van der Waals surface area contributed by atoms with Crippen molar-refractivity contribution in [3.05, 3.63) is 33.8 Å². The van der Waals surface area contributed by atoms with Crippen molar-refractivity contribution in [2.45, 2.75) is 49.1 Å². The summed E-state index contributed by atoms with van der Waals surface area (Å²) in [6.07, 6.45) is 5.70. The Morgan fingerprint density at radius 1 is 1.33 bits per heavy atom. The lowest BCUT2D eigenvalue weighted by Gasteiger charge is -2.51. The molecule has 126 valence electrons. The molecule has 0 aromatic heterocycles. The van der Waals surface area contributed by atoms with Gasteiger partial charge in [0.25, 0.3) is 6.02 Å². The monoisotopic (exact) mass is 388 g/mol. The fourth-order valence-electron chi connectivity index (χ4n) is 5.54. The molecule has 1 heterocycles. The van der Waals surface area contributed by atoms with Crippen molar-refractivity contribution in [2.75, 3.05) is 7.11 Å². The van der Waals surface area contributed by atoms with Crippen LogP contribution in [0, 0.1) is 5.41 Å². The number of methoxy groups -OCH3 is 1. The fraction of sp³-hybridized carbons (Fsp3) is 0.588. The highest BCUT2D eigenvalue weighted by molar-refractivity contribution is 9.10. The van der Waals surface area contributed by atoms with Crippen molar-refractivity contribution in [3.63, 3.8) is 0 Å².